The standard InChI is InChI=1S/C27H32N8O10S2/c1-27(2)22(24(37)35(27)45-47(40,41)42)32-23(36)21(18-13-46-26(28)31-18)33-44-19(25(38)39)12-43-17-5-4-15-7-20(30-10-14-8-29-9-14)34(3)11-16(15)6-17/h4-7,11,13-14,19,22,29H,8-10,12H2,1-3H3,(H5,28,31,32,36,38,39,40,41,42)/b33-21-/t19-,22?/m0/s1. The molecule has 2 aromatic heterocycles. The fourth-order valence-corrected chi connectivity index (χ4v) is 5.78. The number of carboxylic acid groups (broad SMARTS) is 1. The Kier molecular flexibility index (Phi) is 9.50. The van der Waals surface area contributed by atoms with Gasteiger partial charge in [-0.15, -0.1) is 11.3 Å². The van der Waals surface area contributed by atoms with Gasteiger partial charge in [0.2, 0.25) is 10.4 Å². The molecule has 2 aliphatic rings. The average molecular weight is 693 g/mol. The molecule has 2 fully saturated rings. The minimum absolute atomic E-state index is 0.0576. The third-order valence-corrected chi connectivity index (χ3v) is 8.55. The van der Waals surface area contributed by atoms with Gasteiger partial charge in [-0.3, -0.25) is 14.9 Å². The van der Waals surface area contributed by atoms with E-state index < -0.39 is 58.2 Å². The van der Waals surface area contributed by atoms with Crippen LogP contribution >= 0.6 is 11.3 Å². The summed E-state index contributed by atoms with van der Waals surface area (Å²) in [6.07, 6.45) is 0.240. The lowest BCUT2D eigenvalue weighted by molar-refractivity contribution is -0.655. The van der Waals surface area contributed by atoms with Crippen molar-refractivity contribution in [3.05, 3.63) is 41.5 Å². The van der Waals surface area contributed by atoms with Crippen LogP contribution in [0.4, 0.5) is 10.9 Å². The number of hydrogen-bond donors (Lipinski definition) is 5. The summed E-state index contributed by atoms with van der Waals surface area (Å²) >= 11 is 0.958. The maximum Gasteiger partial charge on any atom is 0.351 e. The van der Waals surface area contributed by atoms with Gasteiger partial charge in [-0.1, -0.05) is 11.2 Å². The predicted octanol–water partition coefficient (Wildman–Crippen LogP) is -0.915. The second-order valence-corrected chi connectivity index (χ2v) is 13.3. The highest BCUT2D eigenvalue weighted by atomic mass is 32.3. The number of nitrogens with two attached hydrogens (primary N) is 1. The van der Waals surface area contributed by atoms with E-state index in [2.05, 4.69) is 30.4 Å². The Morgan fingerprint density at radius 1 is 1.32 bits per heavy atom. The van der Waals surface area contributed by atoms with Gasteiger partial charge in [-0.05, 0) is 31.4 Å². The molecular weight excluding hydrogens is 660 g/mol. The largest absolute Gasteiger partial charge is 0.724 e. The number of β-lactam (4-membered cyclic amide) rings is 1. The molecule has 47 heavy (non-hydrogen) atoms. The number of hydroxylamine groups is 2. The van der Waals surface area contributed by atoms with Gasteiger partial charge >= 0.3 is 5.97 Å². The number of nitrogens with one attached hydrogen (secondary N) is 3. The van der Waals surface area contributed by atoms with Crippen LogP contribution in [0.2, 0.25) is 0 Å². The van der Waals surface area contributed by atoms with E-state index in [0.717, 1.165) is 47.6 Å². The molecule has 6 N–H and O–H groups in total. The molecule has 5 rings (SSSR count). The monoisotopic (exact) mass is 692 g/mol. The van der Waals surface area contributed by atoms with Gasteiger partial charge in [0.05, 0.1) is 25.3 Å². The molecule has 2 saturated heterocycles. The first-order chi connectivity index (χ1) is 22.1. The van der Waals surface area contributed by atoms with Crippen molar-refractivity contribution in [2.75, 3.05) is 37.3 Å². The zero-order valence-corrected chi connectivity index (χ0v) is 27.0. The van der Waals surface area contributed by atoms with E-state index in [1.54, 1.807) is 12.1 Å². The molecule has 0 bridgehead atoms. The lowest BCUT2D eigenvalue weighted by Gasteiger charge is -2.51. The molecule has 0 spiro atoms. The number of oxime groups is 1. The molecular formula is C27H32N8O10S2. The number of nitrogen functional groups attached to an aromatic ring is 1. The summed E-state index contributed by atoms with van der Waals surface area (Å²) in [7, 11) is -3.35. The Labute approximate surface area is 272 Å². The first kappa shape index (κ1) is 33.7. The van der Waals surface area contributed by atoms with Crippen LogP contribution in [0.3, 0.4) is 0 Å². The molecule has 0 aliphatic carbocycles. The van der Waals surface area contributed by atoms with Crippen LogP contribution in [-0.4, -0.2) is 95.5 Å². The molecule has 2 aliphatic heterocycles. The molecule has 2 amide bonds. The number of benzene rings is 1. The van der Waals surface area contributed by atoms with E-state index in [0.29, 0.717) is 16.7 Å². The highest BCUT2D eigenvalue weighted by Crippen LogP contribution is 2.33. The number of rotatable bonds is 14. The van der Waals surface area contributed by atoms with Crippen molar-refractivity contribution >= 4 is 67.0 Å². The van der Waals surface area contributed by atoms with Crippen LogP contribution in [0.25, 0.3) is 10.8 Å². The van der Waals surface area contributed by atoms with Gasteiger partial charge in [-0.2, -0.15) is 9.35 Å². The molecule has 0 saturated carbocycles. The Morgan fingerprint density at radius 2 is 2.06 bits per heavy atom. The van der Waals surface area contributed by atoms with Gasteiger partial charge in [0, 0.05) is 35.8 Å². The summed E-state index contributed by atoms with van der Waals surface area (Å²) < 4.78 is 44.8. The lowest BCUT2D eigenvalue weighted by atomic mass is 9.84. The molecule has 2 atom stereocenters. The third-order valence-electron chi connectivity index (χ3n) is 7.55. The van der Waals surface area contributed by atoms with E-state index >= 15 is 0 Å². The molecule has 252 valence electrons. The predicted molar refractivity (Wildman–Crippen MR) is 165 cm³/mol. The van der Waals surface area contributed by atoms with Crippen molar-refractivity contribution in [2.24, 2.45) is 18.1 Å². The summed E-state index contributed by atoms with van der Waals surface area (Å²) in [5, 5.41) is 26.1. The quantitative estimate of drug-likeness (QED) is 0.0343. The normalized spacial score (nSPS) is 18.6. The molecule has 0 radical (unpaired) electrons. The van der Waals surface area contributed by atoms with Crippen molar-refractivity contribution in [3.63, 3.8) is 0 Å². The van der Waals surface area contributed by atoms with Crippen molar-refractivity contribution in [3.8, 4) is 5.75 Å². The number of aryl methyl sites for hydroxylation is 1. The number of nitrogens with zero attached hydrogens (tertiary/aromatic N) is 4. The van der Waals surface area contributed by atoms with E-state index in [9.17, 15) is 32.5 Å². The smallest absolute Gasteiger partial charge is 0.351 e. The number of anilines is 2. The molecule has 1 aromatic carbocycles. The van der Waals surface area contributed by atoms with Crippen LogP contribution in [-0.2, 0) is 41.0 Å². The van der Waals surface area contributed by atoms with E-state index in [-0.39, 0.29) is 10.8 Å². The highest BCUT2D eigenvalue weighted by molar-refractivity contribution is 7.80. The summed E-state index contributed by atoms with van der Waals surface area (Å²) in [5.74, 6) is -1.61. The van der Waals surface area contributed by atoms with Crippen LogP contribution in [0.15, 0.2) is 41.0 Å². The zero-order chi connectivity index (χ0) is 34.1. The number of amides is 2. The second kappa shape index (κ2) is 13.2. The number of ether oxygens (including phenoxy) is 1. The van der Waals surface area contributed by atoms with Crippen molar-refractivity contribution in [1.82, 2.24) is 20.7 Å². The van der Waals surface area contributed by atoms with Gasteiger partial charge in [0.1, 0.15) is 24.1 Å². The average Bonchev–Trinajstić information content (AvgIpc) is 3.40. The first-order valence-corrected chi connectivity index (χ1v) is 16.3. The molecule has 18 nitrogen and oxygen atoms in total. The number of carbonyl (C=O) groups is 3. The molecule has 4 heterocycles. The fraction of sp³-hybridized carbons (Fsp3) is 0.407. The van der Waals surface area contributed by atoms with Crippen molar-refractivity contribution in [2.45, 2.75) is 31.5 Å². The minimum atomic E-state index is -5.26. The summed E-state index contributed by atoms with van der Waals surface area (Å²) in [5.41, 5.74) is 3.62. The van der Waals surface area contributed by atoms with Crippen molar-refractivity contribution in [1.29, 1.82) is 0 Å². The van der Waals surface area contributed by atoms with Gasteiger partial charge in [0.15, 0.2) is 10.8 Å². The number of pyridine rings is 1. The maximum absolute atomic E-state index is 13.2. The molecule has 3 aromatic rings. The maximum atomic E-state index is 13.2. The SMILES string of the molecule is C[n+]1cc2cc(OC[C@H](O/N=C(\C(=O)NC3C(=O)N(OS(=O)(=O)[O-])C3(C)C)c3csc(N)n3)C(=O)O)ccc2cc1NCC1CNC1. The van der Waals surface area contributed by atoms with Crippen LogP contribution < -0.4 is 31.0 Å². The van der Waals surface area contributed by atoms with E-state index in [1.807, 2.05) is 29.9 Å². The van der Waals surface area contributed by atoms with E-state index in [1.165, 1.54) is 19.2 Å². The summed E-state index contributed by atoms with van der Waals surface area (Å²) in [4.78, 5) is 47.0. The third kappa shape index (κ3) is 7.68. The number of thiazole rings is 1. The Balaban J connectivity index is 1.27. The number of fused-ring (bicyclic) bond motifs is 1. The zero-order valence-electron chi connectivity index (χ0n) is 25.3. The molecule has 1 unspecified atom stereocenters. The molecule has 20 heteroatoms. The summed E-state index contributed by atoms with van der Waals surface area (Å²) in [6.45, 7) is 5.01. The van der Waals surface area contributed by atoms with E-state index in [4.69, 9.17) is 15.3 Å². The van der Waals surface area contributed by atoms with Gasteiger partial charge in [-0.25, -0.2) is 22.8 Å². The lowest BCUT2D eigenvalue weighted by Crippen LogP contribution is -2.76. The minimum Gasteiger partial charge on any atom is -0.724 e. The number of aliphatic carboxylic acids is 1. The highest BCUT2D eigenvalue weighted by Gasteiger charge is 2.57. The summed E-state index contributed by atoms with van der Waals surface area (Å²) in [6, 6.07) is 5.93. The number of hydrogen-bond acceptors (Lipinski definition) is 15. The van der Waals surface area contributed by atoms with Crippen molar-refractivity contribution < 1.29 is 50.9 Å². The fourth-order valence-electron chi connectivity index (χ4n) is 4.78. The van der Waals surface area contributed by atoms with Crippen LogP contribution in [0.5, 0.6) is 5.75 Å². The van der Waals surface area contributed by atoms with Crippen LogP contribution in [0, 0.1) is 5.92 Å². The number of carboxylic acids is 1. The van der Waals surface area contributed by atoms with Gasteiger partial charge < -0.3 is 35.6 Å². The first-order valence-electron chi connectivity index (χ1n) is 14.1. The van der Waals surface area contributed by atoms with Crippen LogP contribution in [0.1, 0.15) is 19.5 Å². The van der Waals surface area contributed by atoms with Gasteiger partial charge in [0.25, 0.3) is 23.7 Å². The second-order valence-electron chi connectivity index (χ2n) is 11.4. The topological polar surface area (TPSA) is 251 Å². The Hall–Kier alpha value is -4.63. The Morgan fingerprint density at radius 3 is 2.66 bits per heavy atom. The Bertz CT molecular complexity index is 1840. The number of carbonyl (C=O) groups excluding carboxylic acids is 2. The number of aromatic nitrogens is 2.